The SMILES string of the molecule is CC(C)Oc1ccccc1N1CC(C(=O)NCc2ccccc2F)CC1=O. The molecular formula is C21H23FN2O3. The summed E-state index contributed by atoms with van der Waals surface area (Å²) in [5.74, 6) is -0.594. The number of para-hydroxylation sites is 2. The molecule has 5 nitrogen and oxygen atoms in total. The van der Waals surface area contributed by atoms with E-state index in [1.54, 1.807) is 23.1 Å². The molecular weight excluding hydrogens is 347 g/mol. The molecule has 0 radical (unpaired) electrons. The lowest BCUT2D eigenvalue weighted by molar-refractivity contribution is -0.126. The van der Waals surface area contributed by atoms with Gasteiger partial charge in [0.1, 0.15) is 11.6 Å². The minimum Gasteiger partial charge on any atom is -0.489 e. The average Bonchev–Trinajstić information content (AvgIpc) is 3.02. The summed E-state index contributed by atoms with van der Waals surface area (Å²) >= 11 is 0. The first-order valence-electron chi connectivity index (χ1n) is 9.03. The number of rotatable bonds is 6. The molecule has 27 heavy (non-hydrogen) atoms. The summed E-state index contributed by atoms with van der Waals surface area (Å²) in [7, 11) is 0. The molecule has 1 fully saturated rings. The van der Waals surface area contributed by atoms with Gasteiger partial charge in [0.15, 0.2) is 0 Å². The van der Waals surface area contributed by atoms with Gasteiger partial charge in [-0.25, -0.2) is 4.39 Å². The van der Waals surface area contributed by atoms with Crippen LogP contribution in [0.4, 0.5) is 10.1 Å². The second-order valence-corrected chi connectivity index (χ2v) is 6.85. The largest absolute Gasteiger partial charge is 0.489 e. The van der Waals surface area contributed by atoms with Crippen molar-refractivity contribution in [1.82, 2.24) is 5.32 Å². The molecule has 1 heterocycles. The first-order valence-corrected chi connectivity index (χ1v) is 9.03. The third kappa shape index (κ3) is 4.45. The van der Waals surface area contributed by atoms with Gasteiger partial charge in [-0.05, 0) is 32.0 Å². The van der Waals surface area contributed by atoms with E-state index in [9.17, 15) is 14.0 Å². The van der Waals surface area contributed by atoms with E-state index in [4.69, 9.17) is 4.74 Å². The van der Waals surface area contributed by atoms with Crippen molar-refractivity contribution in [3.05, 3.63) is 59.9 Å². The van der Waals surface area contributed by atoms with Crippen molar-refractivity contribution in [3.8, 4) is 5.75 Å². The van der Waals surface area contributed by atoms with Gasteiger partial charge in [0.25, 0.3) is 0 Å². The lowest BCUT2D eigenvalue weighted by Crippen LogP contribution is -2.33. The number of hydrogen-bond donors (Lipinski definition) is 1. The molecule has 0 aliphatic carbocycles. The summed E-state index contributed by atoms with van der Waals surface area (Å²) in [5, 5.41) is 2.73. The van der Waals surface area contributed by atoms with Crippen LogP contribution in [-0.2, 0) is 16.1 Å². The second-order valence-electron chi connectivity index (χ2n) is 6.85. The Bertz CT molecular complexity index is 838. The van der Waals surface area contributed by atoms with Gasteiger partial charge in [0.2, 0.25) is 11.8 Å². The second kappa shape index (κ2) is 8.20. The van der Waals surface area contributed by atoms with Gasteiger partial charge >= 0.3 is 0 Å². The Labute approximate surface area is 158 Å². The van der Waals surface area contributed by atoms with Crippen LogP contribution >= 0.6 is 0 Å². The van der Waals surface area contributed by atoms with Gasteiger partial charge < -0.3 is 15.0 Å². The molecule has 1 unspecified atom stereocenters. The van der Waals surface area contributed by atoms with Crippen LogP contribution in [0.3, 0.4) is 0 Å². The lowest BCUT2D eigenvalue weighted by Gasteiger charge is -2.21. The quantitative estimate of drug-likeness (QED) is 0.849. The highest BCUT2D eigenvalue weighted by Crippen LogP contribution is 2.33. The highest BCUT2D eigenvalue weighted by Gasteiger charge is 2.36. The number of carbonyl (C=O) groups is 2. The molecule has 1 saturated heterocycles. The van der Waals surface area contributed by atoms with Crippen LogP contribution in [-0.4, -0.2) is 24.5 Å². The standard InChI is InChI=1S/C21H23FN2O3/c1-14(2)27-19-10-6-5-9-18(19)24-13-16(11-20(24)25)21(26)23-12-15-7-3-4-8-17(15)22/h3-10,14,16H,11-13H2,1-2H3,(H,23,26). The Morgan fingerprint density at radius 1 is 1.22 bits per heavy atom. The predicted octanol–water partition coefficient (Wildman–Crippen LogP) is 3.28. The molecule has 1 aliphatic rings. The fraction of sp³-hybridized carbons (Fsp3) is 0.333. The van der Waals surface area contributed by atoms with Gasteiger partial charge in [-0.3, -0.25) is 9.59 Å². The van der Waals surface area contributed by atoms with E-state index < -0.39 is 5.92 Å². The third-order valence-corrected chi connectivity index (χ3v) is 4.43. The van der Waals surface area contributed by atoms with E-state index >= 15 is 0 Å². The monoisotopic (exact) mass is 370 g/mol. The molecule has 0 saturated carbocycles. The summed E-state index contributed by atoms with van der Waals surface area (Å²) in [6.45, 7) is 4.22. The van der Waals surface area contributed by atoms with E-state index in [0.717, 1.165) is 0 Å². The van der Waals surface area contributed by atoms with Crippen molar-refractivity contribution in [1.29, 1.82) is 0 Å². The van der Waals surface area contributed by atoms with Gasteiger partial charge in [0, 0.05) is 25.1 Å². The maximum absolute atomic E-state index is 13.7. The zero-order chi connectivity index (χ0) is 19.4. The fourth-order valence-corrected chi connectivity index (χ4v) is 3.12. The van der Waals surface area contributed by atoms with Crippen molar-refractivity contribution in [2.75, 3.05) is 11.4 Å². The number of benzene rings is 2. The summed E-state index contributed by atoms with van der Waals surface area (Å²) in [4.78, 5) is 26.5. The summed E-state index contributed by atoms with van der Waals surface area (Å²) in [6, 6.07) is 13.6. The van der Waals surface area contributed by atoms with Crippen LogP contribution in [0.2, 0.25) is 0 Å². The van der Waals surface area contributed by atoms with Crippen molar-refractivity contribution < 1.29 is 18.7 Å². The molecule has 1 N–H and O–H groups in total. The van der Waals surface area contributed by atoms with E-state index in [2.05, 4.69) is 5.32 Å². The minimum absolute atomic E-state index is 0.0243. The number of nitrogens with one attached hydrogen (secondary N) is 1. The van der Waals surface area contributed by atoms with Crippen LogP contribution in [0.5, 0.6) is 5.75 Å². The van der Waals surface area contributed by atoms with Gasteiger partial charge in [-0.1, -0.05) is 30.3 Å². The molecule has 1 atom stereocenters. The van der Waals surface area contributed by atoms with Gasteiger partial charge in [0.05, 0.1) is 17.7 Å². The topological polar surface area (TPSA) is 58.6 Å². The van der Waals surface area contributed by atoms with Crippen molar-refractivity contribution in [3.63, 3.8) is 0 Å². The van der Waals surface area contributed by atoms with Crippen LogP contribution in [0, 0.1) is 11.7 Å². The Hall–Kier alpha value is -2.89. The summed E-state index contributed by atoms with van der Waals surface area (Å²) < 4.78 is 19.5. The lowest BCUT2D eigenvalue weighted by atomic mass is 10.1. The van der Waals surface area contributed by atoms with Crippen molar-refractivity contribution in [2.24, 2.45) is 5.92 Å². The van der Waals surface area contributed by atoms with Gasteiger partial charge in [-0.15, -0.1) is 0 Å². The molecule has 0 bridgehead atoms. The summed E-state index contributed by atoms with van der Waals surface area (Å²) in [5.41, 5.74) is 1.09. The van der Waals surface area contributed by atoms with E-state index in [-0.39, 0.29) is 43.2 Å². The van der Waals surface area contributed by atoms with Crippen LogP contribution < -0.4 is 15.0 Å². The number of nitrogens with zero attached hydrogens (tertiary/aromatic N) is 1. The molecule has 1 aliphatic heterocycles. The number of ether oxygens (including phenoxy) is 1. The molecule has 6 heteroatoms. The highest BCUT2D eigenvalue weighted by atomic mass is 19.1. The molecule has 3 rings (SSSR count). The smallest absolute Gasteiger partial charge is 0.227 e. The van der Waals surface area contributed by atoms with E-state index in [0.29, 0.717) is 17.0 Å². The zero-order valence-corrected chi connectivity index (χ0v) is 15.4. The molecule has 2 aromatic carbocycles. The number of hydrogen-bond acceptors (Lipinski definition) is 3. The number of amides is 2. The molecule has 2 aromatic rings. The van der Waals surface area contributed by atoms with Crippen molar-refractivity contribution >= 4 is 17.5 Å². The number of carbonyl (C=O) groups excluding carboxylic acids is 2. The molecule has 0 spiro atoms. The first-order chi connectivity index (χ1) is 13.0. The average molecular weight is 370 g/mol. The zero-order valence-electron chi connectivity index (χ0n) is 15.4. The predicted molar refractivity (Wildman–Crippen MR) is 101 cm³/mol. The maximum atomic E-state index is 13.7. The normalized spacial score (nSPS) is 16.7. The highest BCUT2D eigenvalue weighted by molar-refractivity contribution is 6.01. The number of halogens is 1. The number of anilines is 1. The fourth-order valence-electron chi connectivity index (χ4n) is 3.12. The van der Waals surface area contributed by atoms with Crippen molar-refractivity contribution in [2.45, 2.75) is 32.9 Å². The Morgan fingerprint density at radius 3 is 2.67 bits per heavy atom. The molecule has 2 amide bonds. The maximum Gasteiger partial charge on any atom is 0.227 e. The van der Waals surface area contributed by atoms with Gasteiger partial charge in [-0.2, -0.15) is 0 Å². The van der Waals surface area contributed by atoms with Crippen LogP contribution in [0.15, 0.2) is 48.5 Å². The first kappa shape index (κ1) is 18.9. The Morgan fingerprint density at radius 2 is 1.93 bits per heavy atom. The van der Waals surface area contributed by atoms with E-state index in [1.165, 1.54) is 6.07 Å². The van der Waals surface area contributed by atoms with Crippen LogP contribution in [0.1, 0.15) is 25.8 Å². The Kier molecular flexibility index (Phi) is 5.74. The Balaban J connectivity index is 1.67. The minimum atomic E-state index is -0.476. The summed E-state index contributed by atoms with van der Waals surface area (Å²) in [6.07, 6.45) is 0.0998. The van der Waals surface area contributed by atoms with Crippen LogP contribution in [0.25, 0.3) is 0 Å². The molecule has 0 aromatic heterocycles. The molecule has 142 valence electrons. The van der Waals surface area contributed by atoms with E-state index in [1.807, 2.05) is 38.1 Å². The third-order valence-electron chi connectivity index (χ3n) is 4.43.